The van der Waals surface area contributed by atoms with Crippen LogP contribution in [0, 0.1) is 5.92 Å². The molecule has 2 saturated heterocycles. The average Bonchev–Trinajstić information content (AvgIpc) is 2.69. The minimum absolute atomic E-state index is 0.0860. The van der Waals surface area contributed by atoms with E-state index in [1.807, 2.05) is 23.1 Å². The lowest BCUT2D eigenvalue weighted by molar-refractivity contribution is -0.137. The fourth-order valence-electron chi connectivity index (χ4n) is 4.15. The number of aliphatic hydroxyl groups is 1. The Morgan fingerprint density at radius 3 is 2.27 bits per heavy atom. The molecule has 2 aliphatic rings. The van der Waals surface area contributed by atoms with Gasteiger partial charge >= 0.3 is 0 Å². The Hall–Kier alpha value is -1.43. The van der Waals surface area contributed by atoms with Crippen molar-refractivity contribution >= 4 is 5.91 Å². The van der Waals surface area contributed by atoms with Gasteiger partial charge < -0.3 is 14.9 Å². The molecule has 1 N–H and O–H groups in total. The van der Waals surface area contributed by atoms with Crippen molar-refractivity contribution in [1.29, 1.82) is 0 Å². The SMILES string of the molecule is CC(CN1CCCCC1)C(=O)N1CCN(Cc2ccccc2CO)CC1. The number of hydrogen-bond acceptors (Lipinski definition) is 4. The first kappa shape index (κ1) is 19.3. The molecular formula is C21H33N3O2. The number of hydrogen-bond donors (Lipinski definition) is 1. The van der Waals surface area contributed by atoms with Crippen LogP contribution in [0.15, 0.2) is 24.3 Å². The van der Waals surface area contributed by atoms with Gasteiger partial charge in [0.25, 0.3) is 0 Å². The van der Waals surface area contributed by atoms with Crippen molar-refractivity contribution in [3.8, 4) is 0 Å². The molecule has 0 spiro atoms. The number of aliphatic hydroxyl groups excluding tert-OH is 1. The molecule has 5 nitrogen and oxygen atoms in total. The van der Waals surface area contributed by atoms with Crippen LogP contribution in [-0.2, 0) is 17.9 Å². The first-order valence-corrected chi connectivity index (χ1v) is 10.1. The molecule has 0 saturated carbocycles. The molecule has 1 unspecified atom stereocenters. The van der Waals surface area contributed by atoms with E-state index < -0.39 is 0 Å². The number of piperazine rings is 1. The van der Waals surface area contributed by atoms with Crippen molar-refractivity contribution in [3.05, 3.63) is 35.4 Å². The van der Waals surface area contributed by atoms with Crippen LogP contribution in [0.3, 0.4) is 0 Å². The van der Waals surface area contributed by atoms with E-state index in [1.165, 1.54) is 24.8 Å². The highest BCUT2D eigenvalue weighted by Gasteiger charge is 2.26. The lowest BCUT2D eigenvalue weighted by Gasteiger charge is -2.37. The summed E-state index contributed by atoms with van der Waals surface area (Å²) in [6.45, 7) is 9.65. The molecule has 0 radical (unpaired) electrons. The predicted octanol–water partition coefficient (Wildman–Crippen LogP) is 1.95. The standard InChI is InChI=1S/C21H33N3O2/c1-18(15-22-9-5-2-6-10-22)21(26)24-13-11-23(12-14-24)16-19-7-3-4-8-20(19)17-25/h3-4,7-8,18,25H,2,5-6,9-17H2,1H3. The van der Waals surface area contributed by atoms with Crippen LogP contribution in [0.5, 0.6) is 0 Å². The molecule has 3 rings (SSSR count). The van der Waals surface area contributed by atoms with E-state index in [0.717, 1.165) is 57.9 Å². The minimum atomic E-state index is 0.0860. The number of benzene rings is 1. The third kappa shape index (κ3) is 5.06. The zero-order valence-electron chi connectivity index (χ0n) is 16.1. The molecule has 2 aliphatic heterocycles. The maximum atomic E-state index is 12.8. The van der Waals surface area contributed by atoms with E-state index in [-0.39, 0.29) is 12.5 Å². The smallest absolute Gasteiger partial charge is 0.226 e. The molecule has 0 aliphatic carbocycles. The van der Waals surface area contributed by atoms with Gasteiger partial charge in [-0.2, -0.15) is 0 Å². The van der Waals surface area contributed by atoms with Gasteiger partial charge in [0.2, 0.25) is 5.91 Å². The normalized spacial score (nSPS) is 20.9. The molecule has 2 fully saturated rings. The van der Waals surface area contributed by atoms with E-state index in [2.05, 4.69) is 22.8 Å². The Morgan fingerprint density at radius 2 is 1.62 bits per heavy atom. The molecule has 1 atom stereocenters. The summed E-state index contributed by atoms with van der Waals surface area (Å²) >= 11 is 0. The third-order valence-electron chi connectivity index (χ3n) is 5.77. The van der Waals surface area contributed by atoms with Gasteiger partial charge in [0, 0.05) is 45.2 Å². The van der Waals surface area contributed by atoms with Gasteiger partial charge in [0.1, 0.15) is 0 Å². The van der Waals surface area contributed by atoms with E-state index in [4.69, 9.17) is 0 Å². The van der Waals surface area contributed by atoms with E-state index >= 15 is 0 Å². The van der Waals surface area contributed by atoms with Crippen LogP contribution in [0.4, 0.5) is 0 Å². The van der Waals surface area contributed by atoms with Gasteiger partial charge in [-0.3, -0.25) is 9.69 Å². The lowest BCUT2D eigenvalue weighted by Crippen LogP contribution is -2.51. The van der Waals surface area contributed by atoms with Crippen LogP contribution in [0.25, 0.3) is 0 Å². The molecule has 2 heterocycles. The van der Waals surface area contributed by atoms with Crippen molar-refractivity contribution in [3.63, 3.8) is 0 Å². The summed E-state index contributed by atoms with van der Waals surface area (Å²) in [7, 11) is 0. The summed E-state index contributed by atoms with van der Waals surface area (Å²) < 4.78 is 0. The van der Waals surface area contributed by atoms with Gasteiger partial charge in [-0.15, -0.1) is 0 Å². The number of amides is 1. The maximum absolute atomic E-state index is 12.8. The molecule has 5 heteroatoms. The Labute approximate surface area is 157 Å². The third-order valence-corrected chi connectivity index (χ3v) is 5.77. The Morgan fingerprint density at radius 1 is 0.962 bits per heavy atom. The van der Waals surface area contributed by atoms with E-state index in [0.29, 0.717) is 5.91 Å². The van der Waals surface area contributed by atoms with Crippen molar-refractivity contribution in [2.24, 2.45) is 5.92 Å². The van der Waals surface area contributed by atoms with Crippen LogP contribution < -0.4 is 0 Å². The fraction of sp³-hybridized carbons (Fsp3) is 0.667. The number of piperidine rings is 1. The van der Waals surface area contributed by atoms with Gasteiger partial charge in [-0.25, -0.2) is 0 Å². The fourth-order valence-corrected chi connectivity index (χ4v) is 4.15. The number of carbonyl (C=O) groups is 1. The molecule has 26 heavy (non-hydrogen) atoms. The predicted molar refractivity (Wildman–Crippen MR) is 104 cm³/mol. The summed E-state index contributed by atoms with van der Waals surface area (Å²) in [6, 6.07) is 8.06. The molecule has 0 bridgehead atoms. The molecule has 0 aromatic heterocycles. The van der Waals surface area contributed by atoms with Gasteiger partial charge in [-0.05, 0) is 37.1 Å². The Kier molecular flexibility index (Phi) is 7.06. The lowest BCUT2D eigenvalue weighted by atomic mass is 10.1. The number of carbonyl (C=O) groups excluding carboxylic acids is 1. The number of likely N-dealkylation sites (tertiary alicyclic amines) is 1. The van der Waals surface area contributed by atoms with Gasteiger partial charge in [0.05, 0.1) is 6.61 Å². The van der Waals surface area contributed by atoms with Crippen molar-refractivity contribution in [2.75, 3.05) is 45.8 Å². The molecule has 1 aromatic rings. The van der Waals surface area contributed by atoms with Crippen molar-refractivity contribution < 1.29 is 9.90 Å². The molecule has 1 amide bonds. The first-order valence-electron chi connectivity index (χ1n) is 10.1. The van der Waals surface area contributed by atoms with Crippen LogP contribution in [0.2, 0.25) is 0 Å². The second kappa shape index (κ2) is 9.49. The highest BCUT2D eigenvalue weighted by molar-refractivity contribution is 5.78. The van der Waals surface area contributed by atoms with Crippen LogP contribution in [-0.4, -0.2) is 71.5 Å². The quantitative estimate of drug-likeness (QED) is 0.843. The summed E-state index contributed by atoms with van der Waals surface area (Å²) in [6.07, 6.45) is 3.88. The number of nitrogens with zero attached hydrogens (tertiary/aromatic N) is 3. The molecular weight excluding hydrogens is 326 g/mol. The highest BCUT2D eigenvalue weighted by atomic mass is 16.3. The molecule has 144 valence electrons. The van der Waals surface area contributed by atoms with Crippen molar-refractivity contribution in [1.82, 2.24) is 14.7 Å². The maximum Gasteiger partial charge on any atom is 0.226 e. The number of rotatable bonds is 6. The zero-order chi connectivity index (χ0) is 18.4. The van der Waals surface area contributed by atoms with Gasteiger partial charge in [0.15, 0.2) is 0 Å². The summed E-state index contributed by atoms with van der Waals surface area (Å²) in [5, 5.41) is 9.48. The highest BCUT2D eigenvalue weighted by Crippen LogP contribution is 2.16. The topological polar surface area (TPSA) is 47.0 Å². The second-order valence-corrected chi connectivity index (χ2v) is 7.79. The van der Waals surface area contributed by atoms with E-state index in [9.17, 15) is 9.90 Å². The first-order chi connectivity index (χ1) is 12.7. The summed E-state index contributed by atoms with van der Waals surface area (Å²) in [5.41, 5.74) is 2.19. The summed E-state index contributed by atoms with van der Waals surface area (Å²) in [4.78, 5) is 19.7. The largest absolute Gasteiger partial charge is 0.392 e. The van der Waals surface area contributed by atoms with Crippen LogP contribution >= 0.6 is 0 Å². The second-order valence-electron chi connectivity index (χ2n) is 7.79. The Balaban J connectivity index is 1.46. The average molecular weight is 360 g/mol. The zero-order valence-corrected chi connectivity index (χ0v) is 16.1. The Bertz CT molecular complexity index is 578. The minimum Gasteiger partial charge on any atom is -0.392 e. The van der Waals surface area contributed by atoms with Crippen molar-refractivity contribution in [2.45, 2.75) is 39.3 Å². The molecule has 1 aromatic carbocycles. The monoisotopic (exact) mass is 359 g/mol. The van der Waals surface area contributed by atoms with Gasteiger partial charge in [-0.1, -0.05) is 37.6 Å². The van der Waals surface area contributed by atoms with E-state index in [1.54, 1.807) is 0 Å². The van der Waals surface area contributed by atoms with Crippen LogP contribution in [0.1, 0.15) is 37.3 Å². The summed E-state index contributed by atoms with van der Waals surface area (Å²) in [5.74, 6) is 0.403.